The number of hydrogen-bond acceptors (Lipinski definition) is 4. The first-order valence-corrected chi connectivity index (χ1v) is 8.56. The van der Waals surface area contributed by atoms with E-state index in [0.717, 1.165) is 0 Å². The molecule has 7 heteroatoms. The topological polar surface area (TPSA) is 80.3 Å². The minimum atomic E-state index is -3.28. The van der Waals surface area contributed by atoms with Gasteiger partial charge in [-0.05, 0) is 34.1 Å². The monoisotopic (exact) mass is 271 g/mol. The van der Waals surface area contributed by atoms with Crippen molar-refractivity contribution in [3.05, 3.63) is 0 Å². The van der Waals surface area contributed by atoms with Crippen molar-refractivity contribution in [3.63, 3.8) is 0 Å². The van der Waals surface area contributed by atoms with Crippen molar-refractivity contribution in [3.8, 4) is 0 Å². The molecule has 0 aromatic rings. The fourth-order valence-electron chi connectivity index (χ4n) is 0.890. The quantitative estimate of drug-likeness (QED) is 0.685. The Labute approximate surface area is 98.6 Å². The van der Waals surface area contributed by atoms with E-state index in [4.69, 9.17) is 0 Å². The molecule has 0 unspecified atom stereocenters. The number of hydrogen-bond donors (Lipinski definition) is 1. The van der Waals surface area contributed by atoms with Gasteiger partial charge in [-0.2, -0.15) is 0 Å². The smallest absolute Gasteiger partial charge is 0.213 e. The summed E-state index contributed by atoms with van der Waals surface area (Å²) in [5, 5.41) is -0.900. The molecule has 0 spiro atoms. The van der Waals surface area contributed by atoms with Crippen LogP contribution in [-0.2, 0) is 19.9 Å². The van der Waals surface area contributed by atoms with E-state index in [1.807, 2.05) is 0 Å². The molecule has 0 radical (unpaired) electrons. The van der Waals surface area contributed by atoms with E-state index in [0.29, 0.717) is 6.42 Å². The van der Waals surface area contributed by atoms with Crippen LogP contribution in [0.3, 0.4) is 0 Å². The number of rotatable bonds is 7. The summed E-state index contributed by atoms with van der Waals surface area (Å²) >= 11 is 0. The van der Waals surface area contributed by atoms with Crippen LogP contribution in [-0.4, -0.2) is 39.6 Å². The van der Waals surface area contributed by atoms with Crippen LogP contribution in [0, 0.1) is 0 Å². The Morgan fingerprint density at radius 3 is 1.81 bits per heavy atom. The van der Waals surface area contributed by atoms with Crippen LogP contribution < -0.4 is 4.72 Å². The third kappa shape index (κ3) is 5.27. The molecule has 0 aromatic carbocycles. The van der Waals surface area contributed by atoms with Crippen molar-refractivity contribution in [2.45, 2.75) is 44.6 Å². The maximum absolute atomic E-state index is 11.4. The minimum Gasteiger partial charge on any atom is -0.229 e. The van der Waals surface area contributed by atoms with Gasteiger partial charge in [-0.25, -0.2) is 21.6 Å². The molecular weight excluding hydrogens is 250 g/mol. The Balaban J connectivity index is 4.05. The largest absolute Gasteiger partial charge is 0.229 e. The number of sulfonamides is 1. The Morgan fingerprint density at radius 2 is 1.44 bits per heavy atom. The first-order valence-electron chi connectivity index (χ1n) is 5.29. The zero-order valence-electron chi connectivity index (χ0n) is 10.2. The van der Waals surface area contributed by atoms with Gasteiger partial charge in [0.2, 0.25) is 10.0 Å². The zero-order valence-corrected chi connectivity index (χ0v) is 11.9. The fraction of sp³-hybridized carbons (Fsp3) is 1.00. The summed E-state index contributed by atoms with van der Waals surface area (Å²) in [7, 11) is -6.35. The maximum Gasteiger partial charge on any atom is 0.213 e. The van der Waals surface area contributed by atoms with Gasteiger partial charge in [0.15, 0.2) is 9.84 Å². The molecule has 0 atom stereocenters. The lowest BCUT2D eigenvalue weighted by Gasteiger charge is -2.10. The van der Waals surface area contributed by atoms with Crippen molar-refractivity contribution in [2.75, 3.05) is 12.3 Å². The minimum absolute atomic E-state index is 0.0191. The van der Waals surface area contributed by atoms with Crippen LogP contribution in [0.5, 0.6) is 0 Å². The first kappa shape index (κ1) is 15.9. The van der Waals surface area contributed by atoms with Crippen LogP contribution in [0.1, 0.15) is 34.1 Å². The second-order valence-electron chi connectivity index (χ2n) is 4.26. The van der Waals surface area contributed by atoms with Crippen LogP contribution >= 0.6 is 0 Å². The van der Waals surface area contributed by atoms with Crippen LogP contribution in [0.2, 0.25) is 0 Å². The fourth-order valence-corrected chi connectivity index (χ4v) is 2.67. The summed E-state index contributed by atoms with van der Waals surface area (Å²) in [5.74, 6) is 0.0191. The second kappa shape index (κ2) is 5.97. The molecule has 0 rings (SSSR count). The van der Waals surface area contributed by atoms with Gasteiger partial charge in [0.05, 0.1) is 16.3 Å². The zero-order chi connectivity index (χ0) is 13.0. The molecule has 0 bridgehead atoms. The van der Waals surface area contributed by atoms with Gasteiger partial charge >= 0.3 is 0 Å². The van der Waals surface area contributed by atoms with Gasteiger partial charge in [0.1, 0.15) is 0 Å². The highest BCUT2D eigenvalue weighted by atomic mass is 32.2. The van der Waals surface area contributed by atoms with E-state index in [-0.39, 0.29) is 12.3 Å². The molecule has 0 aromatic heterocycles. The first-order chi connectivity index (χ1) is 7.09. The molecule has 98 valence electrons. The Bertz CT molecular complexity index is 355. The van der Waals surface area contributed by atoms with Crippen LogP contribution in [0.25, 0.3) is 0 Å². The summed E-state index contributed by atoms with van der Waals surface area (Å²) < 4.78 is 47.9. The highest BCUT2D eigenvalue weighted by Gasteiger charge is 2.17. The lowest BCUT2D eigenvalue weighted by atomic mass is 10.5. The van der Waals surface area contributed by atoms with Crippen molar-refractivity contribution >= 4 is 19.9 Å². The third-order valence-corrected chi connectivity index (χ3v) is 6.39. The lowest BCUT2D eigenvalue weighted by Crippen LogP contribution is -2.32. The lowest BCUT2D eigenvalue weighted by molar-refractivity contribution is 0.567. The highest BCUT2D eigenvalue weighted by Crippen LogP contribution is 2.02. The molecule has 0 saturated heterocycles. The molecule has 16 heavy (non-hydrogen) atoms. The van der Waals surface area contributed by atoms with E-state index in [2.05, 4.69) is 4.72 Å². The molecule has 0 aliphatic carbocycles. The van der Waals surface area contributed by atoms with Gasteiger partial charge in [0, 0.05) is 6.54 Å². The Hall–Kier alpha value is -0.140. The number of sulfone groups is 1. The summed E-state index contributed by atoms with van der Waals surface area (Å²) in [6.45, 7) is 6.56. The number of nitrogens with one attached hydrogen (secondary N) is 1. The Morgan fingerprint density at radius 1 is 0.938 bits per heavy atom. The van der Waals surface area contributed by atoms with Crippen LogP contribution in [0.4, 0.5) is 0 Å². The van der Waals surface area contributed by atoms with Crippen molar-refractivity contribution < 1.29 is 16.8 Å². The molecule has 0 aliphatic rings. The van der Waals surface area contributed by atoms with Crippen molar-refractivity contribution in [1.29, 1.82) is 0 Å². The SMILES string of the molecule is CC(C)S(=O)(=O)CCCNS(=O)(=O)C(C)C. The normalized spacial score (nSPS) is 13.6. The van der Waals surface area contributed by atoms with Gasteiger partial charge in [-0.15, -0.1) is 0 Å². The Kier molecular flexibility index (Phi) is 5.92. The average molecular weight is 271 g/mol. The molecule has 0 aliphatic heterocycles. The van der Waals surface area contributed by atoms with E-state index in [9.17, 15) is 16.8 Å². The summed E-state index contributed by atoms with van der Waals surface area (Å²) in [5.41, 5.74) is 0. The summed E-state index contributed by atoms with van der Waals surface area (Å²) in [4.78, 5) is 0. The van der Waals surface area contributed by atoms with Crippen molar-refractivity contribution in [1.82, 2.24) is 4.72 Å². The summed E-state index contributed by atoms with van der Waals surface area (Å²) in [6, 6.07) is 0. The molecule has 0 saturated carbocycles. The molecule has 0 fully saturated rings. The molecule has 0 amide bonds. The van der Waals surface area contributed by atoms with E-state index < -0.39 is 30.4 Å². The highest BCUT2D eigenvalue weighted by molar-refractivity contribution is 7.92. The summed E-state index contributed by atoms with van der Waals surface area (Å²) in [6.07, 6.45) is 0.312. The second-order valence-corrected chi connectivity index (χ2v) is 9.26. The molecular formula is C9H21NO4S2. The van der Waals surface area contributed by atoms with E-state index in [1.54, 1.807) is 27.7 Å². The third-order valence-electron chi connectivity index (χ3n) is 2.25. The molecule has 5 nitrogen and oxygen atoms in total. The van der Waals surface area contributed by atoms with Gasteiger partial charge < -0.3 is 0 Å². The van der Waals surface area contributed by atoms with E-state index in [1.165, 1.54) is 0 Å². The average Bonchev–Trinajstić information content (AvgIpc) is 2.12. The van der Waals surface area contributed by atoms with Crippen LogP contribution in [0.15, 0.2) is 0 Å². The van der Waals surface area contributed by atoms with Gasteiger partial charge in [0.25, 0.3) is 0 Å². The van der Waals surface area contributed by atoms with Gasteiger partial charge in [-0.3, -0.25) is 0 Å². The standard InChI is InChI=1S/C9H21NO4S2/c1-8(2)15(11,12)7-5-6-10-16(13,14)9(3)4/h8-10H,5-7H2,1-4H3. The molecule has 0 heterocycles. The van der Waals surface area contributed by atoms with Gasteiger partial charge in [-0.1, -0.05) is 0 Å². The predicted octanol–water partition coefficient (Wildman–Crippen LogP) is 0.528. The predicted molar refractivity (Wildman–Crippen MR) is 65.6 cm³/mol. The molecule has 1 N–H and O–H groups in total. The maximum atomic E-state index is 11.4. The van der Waals surface area contributed by atoms with E-state index >= 15 is 0 Å². The van der Waals surface area contributed by atoms with Crippen molar-refractivity contribution in [2.24, 2.45) is 0 Å².